The fourth-order valence-electron chi connectivity index (χ4n) is 2.10. The molecule has 102 valence electrons. The Balaban J connectivity index is 1.67. The maximum absolute atomic E-state index is 5.27. The smallest absolute Gasteiger partial charge is 0.181 e. The second-order valence-corrected chi connectivity index (χ2v) is 4.43. The molecule has 1 aromatic carbocycles. The van der Waals surface area contributed by atoms with Crippen LogP contribution in [0.15, 0.2) is 53.5 Å². The van der Waals surface area contributed by atoms with Crippen LogP contribution in [0.25, 0.3) is 11.3 Å². The summed E-state index contributed by atoms with van der Waals surface area (Å²) in [5.74, 6) is 0.778. The summed E-state index contributed by atoms with van der Waals surface area (Å²) in [6.45, 7) is 3.73. The van der Waals surface area contributed by atoms with E-state index in [1.54, 1.807) is 6.20 Å². The van der Waals surface area contributed by atoms with Crippen LogP contribution in [-0.2, 0) is 13.1 Å². The second-order valence-electron chi connectivity index (χ2n) is 4.43. The average Bonchev–Trinajstić information content (AvgIpc) is 3.16. The Morgan fingerprint density at radius 1 is 1.20 bits per heavy atom. The van der Waals surface area contributed by atoms with Gasteiger partial charge in [0.1, 0.15) is 0 Å². The summed E-state index contributed by atoms with van der Waals surface area (Å²) in [5.41, 5.74) is 3.26. The molecule has 2 aromatic heterocycles. The maximum atomic E-state index is 5.27. The zero-order valence-electron chi connectivity index (χ0n) is 11.3. The van der Waals surface area contributed by atoms with Crippen molar-refractivity contribution in [2.45, 2.75) is 20.0 Å². The fraction of sp³-hybridized carbons (Fsp3) is 0.200. The third kappa shape index (κ3) is 2.56. The van der Waals surface area contributed by atoms with E-state index in [4.69, 9.17) is 4.42 Å². The first kappa shape index (κ1) is 12.5. The number of anilines is 1. The molecule has 0 unspecified atom stereocenters. The predicted molar refractivity (Wildman–Crippen MR) is 77.2 cm³/mol. The molecule has 0 amide bonds. The number of hydrogen-bond acceptors (Lipinski definition) is 4. The van der Waals surface area contributed by atoms with Crippen molar-refractivity contribution in [2.24, 2.45) is 0 Å². The Bertz CT molecular complexity index is 656. The van der Waals surface area contributed by atoms with E-state index in [1.807, 2.05) is 41.2 Å². The van der Waals surface area contributed by atoms with Gasteiger partial charge in [-0.1, -0.05) is 0 Å². The summed E-state index contributed by atoms with van der Waals surface area (Å²) < 4.78 is 7.25. The van der Waals surface area contributed by atoms with Gasteiger partial charge in [0, 0.05) is 24.0 Å². The van der Waals surface area contributed by atoms with Gasteiger partial charge in [-0.15, -0.1) is 0 Å². The van der Waals surface area contributed by atoms with Gasteiger partial charge in [-0.25, -0.2) is 4.98 Å². The number of hydrogen-bond donors (Lipinski definition) is 1. The molecule has 0 spiro atoms. The molecule has 1 N–H and O–H groups in total. The van der Waals surface area contributed by atoms with Gasteiger partial charge in [-0.05, 0) is 37.3 Å². The molecule has 2 heterocycles. The van der Waals surface area contributed by atoms with Gasteiger partial charge in [-0.2, -0.15) is 5.10 Å². The first-order chi connectivity index (χ1) is 9.86. The van der Waals surface area contributed by atoms with E-state index in [1.165, 1.54) is 12.1 Å². The number of nitrogens with one attached hydrogen (secondary N) is 1. The number of rotatable bonds is 5. The molecule has 3 rings (SSSR count). The van der Waals surface area contributed by atoms with Crippen molar-refractivity contribution in [1.82, 2.24) is 14.8 Å². The minimum Gasteiger partial charge on any atom is -0.444 e. The van der Waals surface area contributed by atoms with Crippen LogP contribution in [0.2, 0.25) is 0 Å². The van der Waals surface area contributed by atoms with Gasteiger partial charge in [0.2, 0.25) is 0 Å². The van der Waals surface area contributed by atoms with Crippen molar-refractivity contribution in [2.75, 3.05) is 5.32 Å². The summed E-state index contributed by atoms with van der Waals surface area (Å²) in [5, 5.41) is 7.64. The highest BCUT2D eigenvalue weighted by Crippen LogP contribution is 2.20. The molecule has 20 heavy (non-hydrogen) atoms. The van der Waals surface area contributed by atoms with Gasteiger partial charge in [0.05, 0.1) is 18.4 Å². The van der Waals surface area contributed by atoms with Gasteiger partial charge >= 0.3 is 0 Å². The van der Waals surface area contributed by atoms with Gasteiger partial charge in [0.15, 0.2) is 12.2 Å². The number of oxazole rings is 1. The zero-order chi connectivity index (χ0) is 13.8. The van der Waals surface area contributed by atoms with Crippen molar-refractivity contribution in [1.29, 1.82) is 0 Å². The van der Waals surface area contributed by atoms with Crippen molar-refractivity contribution < 1.29 is 4.42 Å². The second kappa shape index (κ2) is 5.61. The van der Waals surface area contributed by atoms with Crippen LogP contribution < -0.4 is 5.32 Å². The molecule has 0 aliphatic heterocycles. The van der Waals surface area contributed by atoms with E-state index < -0.39 is 0 Å². The van der Waals surface area contributed by atoms with Gasteiger partial charge < -0.3 is 9.73 Å². The first-order valence-electron chi connectivity index (χ1n) is 6.60. The number of aryl methyl sites for hydroxylation is 1. The van der Waals surface area contributed by atoms with Crippen LogP contribution in [0, 0.1) is 0 Å². The molecule has 0 saturated heterocycles. The van der Waals surface area contributed by atoms with E-state index in [0.29, 0.717) is 0 Å². The lowest BCUT2D eigenvalue weighted by molar-refractivity contribution is 0.572. The minimum atomic E-state index is 0.759. The summed E-state index contributed by atoms with van der Waals surface area (Å²) in [6.07, 6.45) is 4.98. The Kier molecular flexibility index (Phi) is 3.50. The lowest BCUT2D eigenvalue weighted by Gasteiger charge is -2.08. The van der Waals surface area contributed by atoms with Gasteiger partial charge in [0.25, 0.3) is 0 Å². The van der Waals surface area contributed by atoms with Crippen molar-refractivity contribution in [3.05, 3.63) is 54.8 Å². The van der Waals surface area contributed by atoms with E-state index >= 15 is 0 Å². The zero-order valence-corrected chi connectivity index (χ0v) is 11.3. The summed E-state index contributed by atoms with van der Waals surface area (Å²) in [4.78, 5) is 3.92. The Labute approximate surface area is 117 Å². The predicted octanol–water partition coefficient (Wildman–Crippen LogP) is 3.17. The third-order valence-electron chi connectivity index (χ3n) is 3.18. The first-order valence-corrected chi connectivity index (χ1v) is 6.60. The Hall–Kier alpha value is -2.56. The van der Waals surface area contributed by atoms with Crippen molar-refractivity contribution >= 4 is 5.69 Å². The monoisotopic (exact) mass is 268 g/mol. The molecule has 0 fully saturated rings. The number of benzene rings is 1. The Morgan fingerprint density at radius 3 is 2.75 bits per heavy atom. The normalized spacial score (nSPS) is 10.7. The molecule has 3 aromatic rings. The fourth-order valence-corrected chi connectivity index (χ4v) is 2.10. The molecule has 5 nitrogen and oxygen atoms in total. The third-order valence-corrected chi connectivity index (χ3v) is 3.18. The lowest BCUT2D eigenvalue weighted by Crippen LogP contribution is -2.07. The van der Waals surface area contributed by atoms with E-state index in [2.05, 4.69) is 22.3 Å². The quantitative estimate of drug-likeness (QED) is 0.772. The number of aromatic nitrogens is 3. The Morgan fingerprint density at radius 2 is 2.05 bits per heavy atom. The molecule has 0 aliphatic rings. The minimum absolute atomic E-state index is 0.759. The van der Waals surface area contributed by atoms with Crippen LogP contribution >= 0.6 is 0 Å². The molecule has 0 bridgehead atoms. The number of nitrogens with zero attached hydrogens (tertiary/aromatic N) is 3. The standard InChI is InChI=1S/C15H16N4O/c1-2-19-14(7-8-18-19)9-17-13-5-3-12(4-6-13)15-10-16-11-20-15/h3-8,10-11,17H,2,9H2,1H3. The summed E-state index contributed by atoms with van der Waals surface area (Å²) in [7, 11) is 0. The molecule has 0 aliphatic carbocycles. The average molecular weight is 268 g/mol. The van der Waals surface area contributed by atoms with Crippen LogP contribution in [0.5, 0.6) is 0 Å². The molecular formula is C15H16N4O. The van der Waals surface area contributed by atoms with E-state index in [-0.39, 0.29) is 0 Å². The van der Waals surface area contributed by atoms with Gasteiger partial charge in [-0.3, -0.25) is 4.68 Å². The van der Waals surface area contributed by atoms with E-state index in [9.17, 15) is 0 Å². The SMILES string of the molecule is CCn1nccc1CNc1ccc(-c2cnco2)cc1. The molecule has 0 saturated carbocycles. The van der Waals surface area contributed by atoms with Crippen molar-refractivity contribution in [3.63, 3.8) is 0 Å². The lowest BCUT2D eigenvalue weighted by atomic mass is 10.1. The van der Waals surface area contributed by atoms with Crippen LogP contribution in [-0.4, -0.2) is 14.8 Å². The highest BCUT2D eigenvalue weighted by atomic mass is 16.3. The molecule has 0 radical (unpaired) electrons. The van der Waals surface area contributed by atoms with E-state index in [0.717, 1.165) is 30.1 Å². The maximum Gasteiger partial charge on any atom is 0.181 e. The van der Waals surface area contributed by atoms with Crippen LogP contribution in [0.4, 0.5) is 5.69 Å². The van der Waals surface area contributed by atoms with Crippen LogP contribution in [0.3, 0.4) is 0 Å². The topological polar surface area (TPSA) is 55.9 Å². The highest BCUT2D eigenvalue weighted by molar-refractivity contribution is 5.60. The summed E-state index contributed by atoms with van der Waals surface area (Å²) in [6, 6.07) is 10.1. The molecule has 5 heteroatoms. The molecule has 0 atom stereocenters. The molecular weight excluding hydrogens is 252 g/mol. The highest BCUT2D eigenvalue weighted by Gasteiger charge is 2.02. The largest absolute Gasteiger partial charge is 0.444 e. The van der Waals surface area contributed by atoms with Crippen molar-refractivity contribution in [3.8, 4) is 11.3 Å². The summed E-state index contributed by atoms with van der Waals surface area (Å²) >= 11 is 0. The van der Waals surface area contributed by atoms with Crippen LogP contribution in [0.1, 0.15) is 12.6 Å².